The second-order valence-corrected chi connectivity index (χ2v) is 9.10. The molecule has 2 aliphatic rings. The third-order valence-electron chi connectivity index (χ3n) is 6.69. The molecular weight excluding hydrogens is 417 g/mol. The molecule has 3 aromatic rings. The molecule has 1 saturated heterocycles. The number of hydrogen-bond acceptors (Lipinski definition) is 4. The van der Waals surface area contributed by atoms with Gasteiger partial charge in [0.15, 0.2) is 5.78 Å². The summed E-state index contributed by atoms with van der Waals surface area (Å²) in [5, 5.41) is 0. The Labute approximate surface area is 193 Å². The molecule has 3 aromatic carbocycles. The number of carbonyl (C=O) groups excluding carboxylic acids is 1. The van der Waals surface area contributed by atoms with Gasteiger partial charge in [0.25, 0.3) is 0 Å². The van der Waals surface area contributed by atoms with Crippen LogP contribution >= 0.6 is 0 Å². The zero-order chi connectivity index (χ0) is 22.6. The van der Waals surface area contributed by atoms with Crippen LogP contribution in [0.5, 0.6) is 11.5 Å². The highest BCUT2D eigenvalue weighted by Gasteiger charge is 2.42. The minimum atomic E-state index is -0.250. The Morgan fingerprint density at radius 3 is 2.15 bits per heavy atom. The molecule has 1 unspecified atom stereocenters. The summed E-state index contributed by atoms with van der Waals surface area (Å²) < 4.78 is 24.9. The number of fused-ring (bicyclic) bond motifs is 1. The number of hydrogen-bond donors (Lipinski definition) is 0. The normalized spacial score (nSPS) is 22.2. The van der Waals surface area contributed by atoms with E-state index < -0.39 is 0 Å². The van der Waals surface area contributed by atoms with Gasteiger partial charge in [-0.05, 0) is 78.8 Å². The first kappa shape index (κ1) is 21.7. The van der Waals surface area contributed by atoms with E-state index in [1.54, 1.807) is 12.1 Å². The van der Waals surface area contributed by atoms with Crippen LogP contribution in [0.15, 0.2) is 78.9 Å². The Hall–Kier alpha value is -3.18. The maximum absolute atomic E-state index is 13.1. The molecule has 170 valence electrons. The smallest absolute Gasteiger partial charge is 0.176 e. The summed E-state index contributed by atoms with van der Waals surface area (Å²) in [5.41, 5.74) is 1.83. The summed E-state index contributed by atoms with van der Waals surface area (Å²) in [5.74, 6) is 2.49. The SMILES string of the molecule is O=C(CN1CC2C[C@@H](Oc3ccc(F)cc3)C[C@@H]2C1)c1ccc(OCc2ccccc2)cc1. The van der Waals surface area contributed by atoms with Gasteiger partial charge in [0.1, 0.15) is 23.9 Å². The average Bonchev–Trinajstić information content (AvgIpc) is 3.38. The van der Waals surface area contributed by atoms with Crippen molar-refractivity contribution in [3.63, 3.8) is 0 Å². The molecule has 0 amide bonds. The van der Waals surface area contributed by atoms with Gasteiger partial charge in [-0.25, -0.2) is 4.39 Å². The molecule has 0 radical (unpaired) electrons. The summed E-state index contributed by atoms with van der Waals surface area (Å²) in [7, 11) is 0. The van der Waals surface area contributed by atoms with E-state index in [-0.39, 0.29) is 17.7 Å². The van der Waals surface area contributed by atoms with Crippen LogP contribution in [0.2, 0.25) is 0 Å². The summed E-state index contributed by atoms with van der Waals surface area (Å²) in [6.45, 7) is 2.81. The van der Waals surface area contributed by atoms with Crippen LogP contribution in [0.25, 0.3) is 0 Å². The zero-order valence-electron chi connectivity index (χ0n) is 18.5. The molecule has 1 saturated carbocycles. The zero-order valence-corrected chi connectivity index (χ0v) is 18.5. The van der Waals surface area contributed by atoms with Crippen molar-refractivity contribution in [2.45, 2.75) is 25.6 Å². The largest absolute Gasteiger partial charge is 0.490 e. The summed E-state index contributed by atoms with van der Waals surface area (Å²) >= 11 is 0. The first-order valence-electron chi connectivity index (χ1n) is 11.6. The molecule has 0 N–H and O–H groups in total. The van der Waals surface area contributed by atoms with Gasteiger partial charge in [-0.3, -0.25) is 9.69 Å². The summed E-state index contributed by atoms with van der Waals surface area (Å²) in [6, 6.07) is 23.7. The third kappa shape index (κ3) is 5.42. The molecule has 2 fully saturated rings. The Morgan fingerprint density at radius 1 is 0.848 bits per heavy atom. The fourth-order valence-electron chi connectivity index (χ4n) is 5.04. The second kappa shape index (κ2) is 9.75. The van der Waals surface area contributed by atoms with E-state index in [9.17, 15) is 9.18 Å². The minimum Gasteiger partial charge on any atom is -0.490 e. The molecule has 4 nitrogen and oxygen atoms in total. The fourth-order valence-corrected chi connectivity index (χ4v) is 5.04. The Morgan fingerprint density at radius 2 is 1.48 bits per heavy atom. The van der Waals surface area contributed by atoms with Crippen molar-refractivity contribution < 1.29 is 18.7 Å². The number of ketones is 1. The fraction of sp³-hybridized carbons (Fsp3) is 0.321. The molecule has 5 rings (SSSR count). The van der Waals surface area contributed by atoms with Crippen LogP contribution in [-0.4, -0.2) is 36.4 Å². The number of benzene rings is 3. The predicted molar refractivity (Wildman–Crippen MR) is 125 cm³/mol. The van der Waals surface area contributed by atoms with Gasteiger partial charge in [0.2, 0.25) is 0 Å². The van der Waals surface area contributed by atoms with E-state index in [1.807, 2.05) is 54.6 Å². The van der Waals surface area contributed by atoms with Crippen LogP contribution in [-0.2, 0) is 6.61 Å². The second-order valence-electron chi connectivity index (χ2n) is 9.10. The van der Waals surface area contributed by atoms with Gasteiger partial charge in [-0.2, -0.15) is 0 Å². The number of likely N-dealkylation sites (tertiary alicyclic amines) is 1. The molecule has 0 spiro atoms. The van der Waals surface area contributed by atoms with Gasteiger partial charge < -0.3 is 9.47 Å². The van der Waals surface area contributed by atoms with E-state index in [1.165, 1.54) is 12.1 Å². The Bertz CT molecular complexity index is 1050. The lowest BCUT2D eigenvalue weighted by Crippen LogP contribution is -2.30. The molecule has 5 heteroatoms. The molecule has 1 aliphatic heterocycles. The van der Waals surface area contributed by atoms with E-state index >= 15 is 0 Å². The quantitative estimate of drug-likeness (QED) is 0.437. The van der Waals surface area contributed by atoms with Crippen LogP contribution in [0.4, 0.5) is 4.39 Å². The Kier molecular flexibility index (Phi) is 6.40. The molecule has 0 aromatic heterocycles. The number of halogens is 1. The van der Waals surface area contributed by atoms with Crippen LogP contribution in [0.3, 0.4) is 0 Å². The van der Waals surface area contributed by atoms with E-state index in [2.05, 4.69) is 4.90 Å². The highest BCUT2D eigenvalue weighted by atomic mass is 19.1. The Balaban J connectivity index is 1.08. The van der Waals surface area contributed by atoms with Crippen molar-refractivity contribution in [2.24, 2.45) is 11.8 Å². The molecule has 33 heavy (non-hydrogen) atoms. The van der Waals surface area contributed by atoms with Gasteiger partial charge in [-0.1, -0.05) is 30.3 Å². The average molecular weight is 446 g/mol. The van der Waals surface area contributed by atoms with Crippen molar-refractivity contribution >= 4 is 5.78 Å². The molecule has 1 aliphatic carbocycles. The molecule has 0 bridgehead atoms. The lowest BCUT2D eigenvalue weighted by Gasteiger charge is -2.19. The van der Waals surface area contributed by atoms with Gasteiger partial charge in [0.05, 0.1) is 12.6 Å². The highest BCUT2D eigenvalue weighted by Crippen LogP contribution is 2.39. The maximum atomic E-state index is 13.1. The first-order chi connectivity index (χ1) is 16.1. The van der Waals surface area contributed by atoms with Crippen molar-refractivity contribution in [1.82, 2.24) is 4.90 Å². The molecule has 3 atom stereocenters. The van der Waals surface area contributed by atoms with Crippen molar-refractivity contribution in [3.05, 3.63) is 95.8 Å². The van der Waals surface area contributed by atoms with Gasteiger partial charge in [-0.15, -0.1) is 0 Å². The third-order valence-corrected chi connectivity index (χ3v) is 6.69. The lowest BCUT2D eigenvalue weighted by molar-refractivity contribution is 0.0936. The first-order valence-corrected chi connectivity index (χ1v) is 11.6. The summed E-state index contributed by atoms with van der Waals surface area (Å²) in [4.78, 5) is 15.1. The molecular formula is C28H28FNO3. The minimum absolute atomic E-state index is 0.142. The molecule has 1 heterocycles. The summed E-state index contributed by atoms with van der Waals surface area (Å²) in [6.07, 6.45) is 2.15. The van der Waals surface area contributed by atoms with Gasteiger partial charge >= 0.3 is 0 Å². The number of rotatable bonds is 8. The highest BCUT2D eigenvalue weighted by molar-refractivity contribution is 5.97. The van der Waals surface area contributed by atoms with Crippen molar-refractivity contribution in [3.8, 4) is 11.5 Å². The predicted octanol–water partition coefficient (Wildman–Crippen LogP) is 5.38. The van der Waals surface area contributed by atoms with E-state index in [0.29, 0.717) is 25.0 Å². The van der Waals surface area contributed by atoms with E-state index in [0.717, 1.165) is 48.6 Å². The number of nitrogens with zero attached hydrogens (tertiary/aromatic N) is 1. The van der Waals surface area contributed by atoms with Crippen LogP contribution in [0.1, 0.15) is 28.8 Å². The number of Topliss-reactive ketones (excluding diaryl/α,β-unsaturated/α-hetero) is 1. The number of ether oxygens (including phenoxy) is 2. The van der Waals surface area contributed by atoms with Gasteiger partial charge in [0, 0.05) is 18.7 Å². The van der Waals surface area contributed by atoms with E-state index in [4.69, 9.17) is 9.47 Å². The maximum Gasteiger partial charge on any atom is 0.176 e. The lowest BCUT2D eigenvalue weighted by atomic mass is 10.0. The monoisotopic (exact) mass is 445 g/mol. The standard InChI is InChI=1S/C28H28FNO3/c29-24-8-12-26(13-9-24)33-27-14-22-16-30(17-23(22)15-27)18-28(31)21-6-10-25(11-7-21)32-19-20-4-2-1-3-5-20/h1-13,22-23,27H,14-19H2/t22-,23?,27+/m1/s1. The number of carbonyl (C=O) groups is 1. The van der Waals surface area contributed by atoms with Crippen molar-refractivity contribution in [2.75, 3.05) is 19.6 Å². The van der Waals surface area contributed by atoms with Crippen LogP contribution in [0, 0.1) is 17.7 Å². The topological polar surface area (TPSA) is 38.8 Å². The van der Waals surface area contributed by atoms with Crippen LogP contribution < -0.4 is 9.47 Å². The van der Waals surface area contributed by atoms with Crippen molar-refractivity contribution in [1.29, 1.82) is 0 Å².